The molecule has 122 valence electrons. The number of rotatable bonds is 4. The molecule has 1 aromatic carbocycles. The Morgan fingerprint density at radius 3 is 2.57 bits per heavy atom. The minimum Gasteiger partial charge on any atom is -0.474 e. The number of hydrogen-bond acceptors (Lipinski definition) is 6. The number of nitrogens with zero attached hydrogens (tertiary/aromatic N) is 1. The molecular weight excluding hydrogens is 387 g/mol. The molecule has 1 aromatic heterocycles. The summed E-state index contributed by atoms with van der Waals surface area (Å²) in [6.45, 7) is 0. The number of nitrogens with one attached hydrogen (secondary N) is 1. The molecule has 2 rings (SSSR count). The average molecular weight is 395 g/mol. The van der Waals surface area contributed by atoms with Crippen LogP contribution in [0.3, 0.4) is 0 Å². The second-order valence-electron chi connectivity index (χ2n) is 4.27. The average Bonchev–Trinajstić information content (AvgIpc) is 2.88. The molecular formula is C12H8Cl2N2O5S2. The number of carbonyl (C=O) groups excluding carboxylic acids is 1. The molecule has 0 bridgehead atoms. The first-order valence-corrected chi connectivity index (χ1v) is 9.14. The lowest BCUT2D eigenvalue weighted by Gasteiger charge is -2.02. The Morgan fingerprint density at radius 2 is 1.96 bits per heavy atom. The van der Waals surface area contributed by atoms with Crippen molar-refractivity contribution < 1.29 is 23.1 Å². The monoisotopic (exact) mass is 394 g/mol. The number of thiazole rings is 1. The minimum atomic E-state index is -4.15. The van der Waals surface area contributed by atoms with Crippen LogP contribution in [0.4, 0.5) is 0 Å². The third kappa shape index (κ3) is 4.64. The lowest BCUT2D eigenvalue weighted by molar-refractivity contribution is -0.149. The van der Waals surface area contributed by atoms with E-state index < -0.39 is 27.7 Å². The van der Waals surface area contributed by atoms with Gasteiger partial charge in [0.25, 0.3) is 0 Å². The lowest BCUT2D eigenvalue weighted by atomic mass is 10.2. The molecule has 2 N–H and O–H groups in total. The predicted octanol–water partition coefficient (Wildman–Crippen LogP) is 2.15. The number of carbonyl (C=O) groups is 2. The Morgan fingerprint density at radius 1 is 1.26 bits per heavy atom. The topological polar surface area (TPSA) is 113 Å². The number of benzene rings is 1. The minimum absolute atomic E-state index is 0.168. The van der Waals surface area contributed by atoms with Crippen molar-refractivity contribution in [1.82, 2.24) is 9.71 Å². The van der Waals surface area contributed by atoms with Crippen LogP contribution in [0.5, 0.6) is 0 Å². The van der Waals surface area contributed by atoms with E-state index in [0.717, 1.165) is 0 Å². The summed E-state index contributed by atoms with van der Waals surface area (Å²) >= 11 is 12.9. The molecule has 0 atom stereocenters. The van der Waals surface area contributed by atoms with E-state index in [1.807, 2.05) is 0 Å². The summed E-state index contributed by atoms with van der Waals surface area (Å²) in [5.74, 6) is -4.13. The summed E-state index contributed by atoms with van der Waals surface area (Å²) < 4.78 is 24.8. The molecule has 23 heavy (non-hydrogen) atoms. The highest BCUT2D eigenvalue weighted by atomic mass is 35.5. The predicted molar refractivity (Wildman–Crippen MR) is 86.0 cm³/mol. The maximum Gasteiger partial charge on any atom is 0.395 e. The molecule has 0 fully saturated rings. The number of sulfonamides is 1. The number of carboxylic acid groups (broad SMARTS) is 1. The zero-order valence-corrected chi connectivity index (χ0v) is 14.3. The van der Waals surface area contributed by atoms with E-state index in [1.54, 1.807) is 18.2 Å². The Hall–Kier alpha value is -1.68. The molecule has 1 heterocycles. The zero-order chi connectivity index (χ0) is 17.2. The molecule has 7 nitrogen and oxygen atoms in total. The zero-order valence-electron chi connectivity index (χ0n) is 11.1. The fourth-order valence-electron chi connectivity index (χ4n) is 1.55. The van der Waals surface area contributed by atoms with Crippen molar-refractivity contribution in [3.05, 3.63) is 39.3 Å². The van der Waals surface area contributed by atoms with Crippen LogP contribution in [0.15, 0.2) is 23.6 Å². The first-order chi connectivity index (χ1) is 10.7. The summed E-state index contributed by atoms with van der Waals surface area (Å²) in [7, 11) is -4.15. The standard InChI is InChI=1S/C12H8Cl2N2O5S2/c13-8-2-1-6(3-9(8)14)11-15-7(4-22-11)5-23(20,21)16-10(17)12(18)19/h1-4H,5H2,(H,16,17)(H,18,19). The van der Waals surface area contributed by atoms with Gasteiger partial charge in [-0.2, -0.15) is 0 Å². The van der Waals surface area contributed by atoms with Gasteiger partial charge in [0.1, 0.15) is 10.8 Å². The summed E-state index contributed by atoms with van der Waals surface area (Å²) in [5, 5.41) is 11.1. The second-order valence-corrected chi connectivity index (χ2v) is 7.66. The quantitative estimate of drug-likeness (QED) is 0.767. The first-order valence-electron chi connectivity index (χ1n) is 5.85. The summed E-state index contributed by atoms with van der Waals surface area (Å²) in [5.41, 5.74) is 0.824. The van der Waals surface area contributed by atoms with Crippen LogP contribution in [0.1, 0.15) is 5.69 Å². The van der Waals surface area contributed by atoms with Crippen LogP contribution >= 0.6 is 34.5 Å². The Kier molecular flexibility index (Phi) is 5.25. The van der Waals surface area contributed by atoms with E-state index in [2.05, 4.69) is 4.98 Å². The molecule has 0 aliphatic heterocycles. The van der Waals surface area contributed by atoms with Gasteiger partial charge in [0.15, 0.2) is 0 Å². The number of hydrogen-bond donors (Lipinski definition) is 2. The molecule has 0 aliphatic rings. The van der Waals surface area contributed by atoms with Crippen LogP contribution in [-0.4, -0.2) is 30.4 Å². The summed E-state index contributed by atoms with van der Waals surface area (Å²) in [6, 6.07) is 4.86. The molecule has 0 spiro atoms. The van der Waals surface area contributed by atoms with E-state index in [1.165, 1.54) is 21.4 Å². The van der Waals surface area contributed by atoms with Crippen LogP contribution in [-0.2, 0) is 25.4 Å². The fourth-order valence-corrected chi connectivity index (χ4v) is 3.75. The third-order valence-corrected chi connectivity index (χ3v) is 5.35. The first kappa shape index (κ1) is 17.7. The van der Waals surface area contributed by atoms with Gasteiger partial charge in [-0.3, -0.25) is 4.79 Å². The van der Waals surface area contributed by atoms with Crippen LogP contribution in [0.25, 0.3) is 10.6 Å². The number of aromatic nitrogens is 1. The van der Waals surface area contributed by atoms with Crippen molar-refractivity contribution in [2.24, 2.45) is 0 Å². The van der Waals surface area contributed by atoms with E-state index in [4.69, 9.17) is 28.3 Å². The molecule has 0 unspecified atom stereocenters. The van der Waals surface area contributed by atoms with Crippen molar-refractivity contribution in [1.29, 1.82) is 0 Å². The largest absolute Gasteiger partial charge is 0.474 e. The van der Waals surface area contributed by atoms with Gasteiger partial charge in [-0.1, -0.05) is 29.3 Å². The van der Waals surface area contributed by atoms with E-state index in [9.17, 15) is 18.0 Å². The van der Waals surface area contributed by atoms with Gasteiger partial charge in [0.05, 0.1) is 15.7 Å². The van der Waals surface area contributed by atoms with Gasteiger partial charge in [0.2, 0.25) is 10.0 Å². The highest BCUT2D eigenvalue weighted by Crippen LogP contribution is 2.30. The van der Waals surface area contributed by atoms with Crippen molar-refractivity contribution in [3.63, 3.8) is 0 Å². The number of amides is 1. The van der Waals surface area contributed by atoms with E-state index in [-0.39, 0.29) is 5.69 Å². The Labute approximate surface area is 144 Å². The Bertz CT molecular complexity index is 879. The molecule has 1 amide bonds. The normalized spacial score (nSPS) is 11.2. The van der Waals surface area contributed by atoms with Crippen molar-refractivity contribution >= 4 is 56.4 Å². The van der Waals surface area contributed by atoms with Gasteiger partial charge >= 0.3 is 11.9 Å². The molecule has 0 saturated carbocycles. The van der Waals surface area contributed by atoms with Crippen LogP contribution < -0.4 is 4.72 Å². The fraction of sp³-hybridized carbons (Fsp3) is 0.0833. The van der Waals surface area contributed by atoms with Gasteiger partial charge in [-0.15, -0.1) is 11.3 Å². The van der Waals surface area contributed by atoms with Gasteiger partial charge in [-0.25, -0.2) is 22.9 Å². The molecule has 2 aromatic rings. The summed E-state index contributed by atoms with van der Waals surface area (Å²) in [4.78, 5) is 25.4. The second kappa shape index (κ2) is 6.83. The van der Waals surface area contributed by atoms with Gasteiger partial charge in [0, 0.05) is 10.9 Å². The van der Waals surface area contributed by atoms with Crippen LogP contribution in [0, 0.1) is 0 Å². The van der Waals surface area contributed by atoms with E-state index >= 15 is 0 Å². The lowest BCUT2D eigenvalue weighted by Crippen LogP contribution is -2.36. The smallest absolute Gasteiger partial charge is 0.395 e. The molecule has 0 aliphatic carbocycles. The van der Waals surface area contributed by atoms with Crippen LogP contribution in [0.2, 0.25) is 10.0 Å². The summed E-state index contributed by atoms with van der Waals surface area (Å²) in [6.07, 6.45) is 0. The maximum absolute atomic E-state index is 11.7. The molecule has 11 heteroatoms. The number of carboxylic acids is 1. The highest BCUT2D eigenvalue weighted by molar-refractivity contribution is 7.89. The molecule has 0 saturated heterocycles. The molecule has 0 radical (unpaired) electrons. The SMILES string of the molecule is O=C(O)C(=O)NS(=O)(=O)Cc1csc(-c2ccc(Cl)c(Cl)c2)n1. The van der Waals surface area contributed by atoms with Crippen molar-refractivity contribution in [3.8, 4) is 10.6 Å². The number of halogens is 2. The maximum atomic E-state index is 11.7. The Balaban J connectivity index is 2.17. The van der Waals surface area contributed by atoms with Gasteiger partial charge in [-0.05, 0) is 12.1 Å². The number of aliphatic carboxylic acids is 1. The highest BCUT2D eigenvalue weighted by Gasteiger charge is 2.21. The van der Waals surface area contributed by atoms with Crippen molar-refractivity contribution in [2.75, 3.05) is 0 Å². The van der Waals surface area contributed by atoms with E-state index in [0.29, 0.717) is 20.6 Å². The van der Waals surface area contributed by atoms with Gasteiger partial charge < -0.3 is 5.11 Å². The third-order valence-electron chi connectivity index (χ3n) is 2.50. The van der Waals surface area contributed by atoms with Crippen molar-refractivity contribution in [2.45, 2.75) is 5.75 Å².